The Bertz CT molecular complexity index is 3390. The van der Waals surface area contributed by atoms with Crippen molar-refractivity contribution in [2.45, 2.75) is 50.9 Å². The first-order chi connectivity index (χ1) is 31.1. The van der Waals surface area contributed by atoms with Crippen LogP contribution in [0.3, 0.4) is 0 Å². The molecule has 0 N–H and O–H groups in total. The Balaban J connectivity index is 1.05. The van der Waals surface area contributed by atoms with Gasteiger partial charge in [-0.3, -0.25) is 0 Å². The predicted molar refractivity (Wildman–Crippen MR) is 267 cm³/mol. The first-order valence-corrected chi connectivity index (χ1v) is 22.6. The first kappa shape index (κ1) is 38.3. The van der Waals surface area contributed by atoms with Gasteiger partial charge in [-0.25, -0.2) is 0 Å². The molecule has 10 aromatic rings. The van der Waals surface area contributed by atoms with E-state index < -0.39 is 5.41 Å². The number of para-hydroxylation sites is 1. The largest absolute Gasteiger partial charge is 0.456 e. The van der Waals surface area contributed by atoms with Crippen LogP contribution in [0.5, 0.6) is 0 Å². The fraction of sp³-hybridized carbons (Fsp3) is 0.129. The summed E-state index contributed by atoms with van der Waals surface area (Å²) < 4.78 is 6.78. The summed E-state index contributed by atoms with van der Waals surface area (Å²) in [5, 5.41) is 2.35. The zero-order chi connectivity index (χ0) is 43.4. The Kier molecular flexibility index (Phi) is 8.40. The summed E-state index contributed by atoms with van der Waals surface area (Å²) >= 11 is 0. The highest BCUT2D eigenvalue weighted by Crippen LogP contribution is 2.57. The smallest absolute Gasteiger partial charge is 0.139 e. The van der Waals surface area contributed by atoms with Gasteiger partial charge in [0.1, 0.15) is 11.2 Å². The summed E-state index contributed by atoms with van der Waals surface area (Å²) in [6.07, 6.45) is 0. The standard InChI is InChI=1S/C62H49NO/c1-60(2,3)55-29-17-26-50-52-38-51-49-35-34-46(37-56(49)61(4,5)57(51)39-58(52)64-59(50)55)63(44-32-30-41(31-33-44)40-18-8-6-9-19-40)45-23-16-22-43(36-45)62(42-20-10-7-11-21-42)53-27-14-12-24-47(53)48-25-13-15-28-54(48)62/h6-39H,1-5H3. The highest BCUT2D eigenvalue weighted by atomic mass is 16.3. The first-order valence-electron chi connectivity index (χ1n) is 22.6. The number of fused-ring (bicyclic) bond motifs is 9. The van der Waals surface area contributed by atoms with E-state index in [1.54, 1.807) is 0 Å². The Labute approximate surface area is 376 Å². The molecular formula is C62H49NO. The number of furan rings is 1. The summed E-state index contributed by atoms with van der Waals surface area (Å²) in [5.74, 6) is 0. The molecule has 0 saturated carbocycles. The van der Waals surface area contributed by atoms with Crippen LogP contribution in [-0.4, -0.2) is 0 Å². The zero-order valence-corrected chi connectivity index (χ0v) is 37.0. The Hall–Kier alpha value is -7.42. The molecule has 0 radical (unpaired) electrons. The molecule has 0 saturated heterocycles. The number of hydrogen-bond acceptors (Lipinski definition) is 2. The van der Waals surface area contributed by atoms with Crippen molar-refractivity contribution in [2.75, 3.05) is 4.90 Å². The van der Waals surface area contributed by atoms with Crippen molar-refractivity contribution in [3.05, 3.63) is 245 Å². The molecule has 2 aliphatic rings. The van der Waals surface area contributed by atoms with Crippen LogP contribution in [-0.2, 0) is 16.2 Å². The van der Waals surface area contributed by atoms with Gasteiger partial charge in [0, 0.05) is 38.8 Å². The van der Waals surface area contributed by atoms with Gasteiger partial charge in [0.2, 0.25) is 0 Å². The fourth-order valence-corrected chi connectivity index (χ4v) is 11.2. The molecule has 1 aromatic heterocycles. The van der Waals surface area contributed by atoms with Crippen molar-refractivity contribution < 1.29 is 4.42 Å². The lowest BCUT2D eigenvalue weighted by Crippen LogP contribution is -2.28. The Morgan fingerprint density at radius 1 is 0.406 bits per heavy atom. The van der Waals surface area contributed by atoms with Crippen molar-refractivity contribution in [3.8, 4) is 33.4 Å². The van der Waals surface area contributed by atoms with Gasteiger partial charge in [-0.15, -0.1) is 0 Å². The van der Waals surface area contributed by atoms with Crippen LogP contribution in [0.4, 0.5) is 17.1 Å². The molecule has 2 aliphatic carbocycles. The number of hydrogen-bond donors (Lipinski definition) is 0. The van der Waals surface area contributed by atoms with Gasteiger partial charge in [0.15, 0.2) is 0 Å². The molecule has 0 aliphatic heterocycles. The minimum Gasteiger partial charge on any atom is -0.456 e. The van der Waals surface area contributed by atoms with Crippen molar-refractivity contribution >= 4 is 39.0 Å². The van der Waals surface area contributed by atoms with E-state index >= 15 is 0 Å². The maximum Gasteiger partial charge on any atom is 0.139 e. The molecule has 64 heavy (non-hydrogen) atoms. The van der Waals surface area contributed by atoms with E-state index in [0.717, 1.165) is 28.2 Å². The molecule has 2 heteroatoms. The van der Waals surface area contributed by atoms with E-state index in [4.69, 9.17) is 4.42 Å². The van der Waals surface area contributed by atoms with Crippen LogP contribution in [0.2, 0.25) is 0 Å². The summed E-state index contributed by atoms with van der Waals surface area (Å²) in [5.41, 5.74) is 21.0. The second-order valence-corrected chi connectivity index (χ2v) is 19.3. The molecule has 0 fully saturated rings. The number of rotatable bonds is 6. The van der Waals surface area contributed by atoms with Crippen molar-refractivity contribution in [1.82, 2.24) is 0 Å². The van der Waals surface area contributed by atoms with Crippen molar-refractivity contribution in [1.29, 1.82) is 0 Å². The quantitative estimate of drug-likeness (QED) is 0.166. The van der Waals surface area contributed by atoms with Gasteiger partial charge in [-0.05, 0) is 121 Å². The average Bonchev–Trinajstić information content (AvgIpc) is 3.92. The molecule has 0 unspecified atom stereocenters. The van der Waals surface area contributed by atoms with Crippen molar-refractivity contribution in [2.24, 2.45) is 0 Å². The van der Waals surface area contributed by atoms with E-state index in [1.807, 2.05) is 0 Å². The Morgan fingerprint density at radius 3 is 1.67 bits per heavy atom. The molecule has 0 amide bonds. The maximum absolute atomic E-state index is 6.78. The SMILES string of the molecule is CC(C)(C)c1cccc2c1oc1cc3c(cc12)-c1ccc(N(c2ccc(-c4ccccc4)cc2)c2cccc(C4(c5ccccc5)c5ccccc5-c5ccccc54)c2)cc1C3(C)C. The summed E-state index contributed by atoms with van der Waals surface area (Å²) in [6.45, 7) is 11.5. The molecule has 1 heterocycles. The number of anilines is 3. The predicted octanol–water partition coefficient (Wildman–Crippen LogP) is 16.7. The van der Waals surface area contributed by atoms with Gasteiger partial charge < -0.3 is 9.32 Å². The van der Waals surface area contributed by atoms with Gasteiger partial charge in [0.05, 0.1) is 5.41 Å². The lowest BCUT2D eigenvalue weighted by atomic mass is 9.67. The van der Waals surface area contributed by atoms with Crippen LogP contribution in [0.1, 0.15) is 73.6 Å². The van der Waals surface area contributed by atoms with Gasteiger partial charge >= 0.3 is 0 Å². The fourth-order valence-electron chi connectivity index (χ4n) is 11.2. The normalized spacial score (nSPS) is 14.3. The highest BCUT2D eigenvalue weighted by Gasteiger charge is 2.46. The third-order valence-electron chi connectivity index (χ3n) is 14.3. The molecule has 308 valence electrons. The third-order valence-corrected chi connectivity index (χ3v) is 14.3. The van der Waals surface area contributed by atoms with Crippen molar-refractivity contribution in [3.63, 3.8) is 0 Å². The minimum atomic E-state index is -0.510. The lowest BCUT2D eigenvalue weighted by Gasteiger charge is -2.35. The second-order valence-electron chi connectivity index (χ2n) is 19.3. The second kappa shape index (κ2) is 14.0. The molecule has 9 aromatic carbocycles. The maximum atomic E-state index is 6.78. The van der Waals surface area contributed by atoms with E-state index in [0.29, 0.717) is 0 Å². The molecule has 0 bridgehead atoms. The number of benzene rings is 9. The molecule has 0 atom stereocenters. The summed E-state index contributed by atoms with van der Waals surface area (Å²) in [4.78, 5) is 2.45. The average molecular weight is 824 g/mol. The van der Waals surface area contributed by atoms with Crippen LogP contribution >= 0.6 is 0 Å². The van der Waals surface area contributed by atoms with Crippen LogP contribution < -0.4 is 4.90 Å². The molecule has 0 spiro atoms. The van der Waals surface area contributed by atoms with E-state index in [2.05, 4.69) is 246 Å². The highest BCUT2D eigenvalue weighted by molar-refractivity contribution is 6.09. The van der Waals surface area contributed by atoms with Gasteiger partial charge in [0.25, 0.3) is 0 Å². The minimum absolute atomic E-state index is 0.0279. The summed E-state index contributed by atoms with van der Waals surface area (Å²) in [6, 6.07) is 76.5. The van der Waals surface area contributed by atoms with E-state index in [9.17, 15) is 0 Å². The lowest BCUT2D eigenvalue weighted by molar-refractivity contribution is 0.572. The summed E-state index contributed by atoms with van der Waals surface area (Å²) in [7, 11) is 0. The van der Waals surface area contributed by atoms with Gasteiger partial charge in [-0.2, -0.15) is 0 Å². The molecule has 12 rings (SSSR count). The topological polar surface area (TPSA) is 16.4 Å². The van der Waals surface area contributed by atoms with E-state index in [-0.39, 0.29) is 10.8 Å². The van der Waals surface area contributed by atoms with Gasteiger partial charge in [-0.1, -0.05) is 192 Å². The third kappa shape index (κ3) is 5.58. The van der Waals surface area contributed by atoms with Crippen LogP contribution in [0.15, 0.2) is 211 Å². The molecule has 2 nitrogen and oxygen atoms in total. The zero-order valence-electron chi connectivity index (χ0n) is 37.0. The van der Waals surface area contributed by atoms with E-state index in [1.165, 1.54) is 83.1 Å². The Morgan fingerprint density at radius 2 is 0.969 bits per heavy atom. The number of nitrogens with zero attached hydrogens (tertiary/aromatic N) is 1. The molecular weight excluding hydrogens is 775 g/mol. The van der Waals surface area contributed by atoms with Crippen LogP contribution in [0.25, 0.3) is 55.3 Å². The van der Waals surface area contributed by atoms with Crippen LogP contribution in [0, 0.1) is 0 Å². The monoisotopic (exact) mass is 823 g/mol.